The van der Waals surface area contributed by atoms with Crippen molar-refractivity contribution in [2.24, 2.45) is 5.10 Å². The number of amides is 1. The molecule has 0 fully saturated rings. The molecule has 0 aliphatic rings. The highest BCUT2D eigenvalue weighted by Crippen LogP contribution is 2.28. The van der Waals surface area contributed by atoms with Crippen LogP contribution in [0.25, 0.3) is 17.1 Å². The molecule has 2 heterocycles. The minimum atomic E-state index is -0.324. The first-order valence-electron chi connectivity index (χ1n) is 9.53. The Kier molecular flexibility index (Phi) is 7.61. The maximum atomic E-state index is 12.4. The first-order chi connectivity index (χ1) is 16.0. The fourth-order valence-corrected chi connectivity index (χ4v) is 4.20. The van der Waals surface area contributed by atoms with Crippen molar-refractivity contribution in [3.63, 3.8) is 0 Å². The highest BCUT2D eigenvalue weighted by Gasteiger charge is 2.17. The Hall–Kier alpha value is -2.91. The lowest BCUT2D eigenvalue weighted by atomic mass is 10.2. The van der Waals surface area contributed by atoms with Crippen LogP contribution >= 0.6 is 46.6 Å². The second-order valence-corrected chi connectivity index (χ2v) is 8.76. The number of halogens is 3. The number of hydrazone groups is 1. The van der Waals surface area contributed by atoms with E-state index in [4.69, 9.17) is 34.8 Å². The maximum Gasteiger partial charge on any atom is 0.250 e. The molecule has 1 N–H and O–H groups in total. The molecule has 4 rings (SSSR count). The molecule has 0 saturated heterocycles. The standard InChI is InChI=1S/C22H15Cl3N6OS/c23-15-4-6-16(7-5-15)31-21(14-8-10-26-11-9-14)29-30-22(31)33-13-20(32)28-27-12-17-18(24)2-1-3-19(17)25/h1-12H,13H2,(H,28,32)/b27-12-. The van der Waals surface area contributed by atoms with E-state index in [-0.39, 0.29) is 11.7 Å². The summed E-state index contributed by atoms with van der Waals surface area (Å²) in [7, 11) is 0. The van der Waals surface area contributed by atoms with Crippen molar-refractivity contribution in [3.05, 3.63) is 87.6 Å². The molecule has 0 spiro atoms. The second-order valence-electron chi connectivity index (χ2n) is 6.57. The van der Waals surface area contributed by atoms with Crippen LogP contribution < -0.4 is 5.43 Å². The van der Waals surface area contributed by atoms with Crippen LogP contribution in [-0.4, -0.2) is 37.6 Å². The van der Waals surface area contributed by atoms with E-state index < -0.39 is 0 Å². The Bertz CT molecular complexity index is 1280. The van der Waals surface area contributed by atoms with Gasteiger partial charge in [-0.1, -0.05) is 52.6 Å². The summed E-state index contributed by atoms with van der Waals surface area (Å²) in [6.07, 6.45) is 4.77. The van der Waals surface area contributed by atoms with Gasteiger partial charge in [-0.3, -0.25) is 14.3 Å². The highest BCUT2D eigenvalue weighted by atomic mass is 35.5. The van der Waals surface area contributed by atoms with E-state index in [1.54, 1.807) is 42.7 Å². The molecule has 1 amide bonds. The third-order valence-electron chi connectivity index (χ3n) is 4.37. The summed E-state index contributed by atoms with van der Waals surface area (Å²) in [5, 5.41) is 14.6. The highest BCUT2D eigenvalue weighted by molar-refractivity contribution is 7.99. The fourth-order valence-electron chi connectivity index (χ4n) is 2.84. The molecule has 0 saturated carbocycles. The lowest BCUT2D eigenvalue weighted by molar-refractivity contribution is -0.118. The number of carbonyl (C=O) groups is 1. The van der Waals surface area contributed by atoms with Crippen LogP contribution in [0.1, 0.15) is 5.56 Å². The van der Waals surface area contributed by atoms with Crippen LogP contribution in [0.3, 0.4) is 0 Å². The van der Waals surface area contributed by atoms with Gasteiger partial charge in [0.25, 0.3) is 5.91 Å². The van der Waals surface area contributed by atoms with Crippen LogP contribution in [0.15, 0.2) is 77.2 Å². The van der Waals surface area contributed by atoms with Gasteiger partial charge in [0.05, 0.1) is 22.0 Å². The summed E-state index contributed by atoms with van der Waals surface area (Å²) in [4.78, 5) is 16.4. The van der Waals surface area contributed by atoms with Crippen LogP contribution in [0.4, 0.5) is 0 Å². The zero-order chi connectivity index (χ0) is 23.2. The van der Waals surface area contributed by atoms with Gasteiger partial charge in [0.2, 0.25) is 0 Å². The Labute approximate surface area is 208 Å². The van der Waals surface area contributed by atoms with Crippen LogP contribution in [0.2, 0.25) is 15.1 Å². The van der Waals surface area contributed by atoms with Crippen LogP contribution in [0.5, 0.6) is 0 Å². The van der Waals surface area contributed by atoms with Crippen molar-refractivity contribution in [1.29, 1.82) is 0 Å². The van der Waals surface area contributed by atoms with E-state index in [2.05, 4.69) is 25.7 Å². The molecule has 0 atom stereocenters. The second kappa shape index (κ2) is 10.8. The molecule has 4 aromatic rings. The van der Waals surface area contributed by atoms with Gasteiger partial charge in [-0.2, -0.15) is 5.10 Å². The number of hydrogen-bond donors (Lipinski definition) is 1. The van der Waals surface area contributed by atoms with E-state index in [9.17, 15) is 4.79 Å². The van der Waals surface area contributed by atoms with Crippen LogP contribution in [0, 0.1) is 0 Å². The zero-order valence-corrected chi connectivity index (χ0v) is 19.9. The van der Waals surface area contributed by atoms with E-state index in [0.717, 1.165) is 11.3 Å². The molecule has 0 radical (unpaired) electrons. The fraction of sp³-hybridized carbons (Fsp3) is 0.0455. The molecule has 0 bridgehead atoms. The number of nitrogens with one attached hydrogen (secondary N) is 1. The van der Waals surface area contributed by atoms with Crippen molar-refractivity contribution in [2.45, 2.75) is 5.16 Å². The lowest BCUT2D eigenvalue weighted by Crippen LogP contribution is -2.20. The minimum absolute atomic E-state index is 0.0651. The van der Waals surface area contributed by atoms with Gasteiger partial charge >= 0.3 is 0 Å². The van der Waals surface area contributed by atoms with Crippen molar-refractivity contribution >= 4 is 58.7 Å². The Morgan fingerprint density at radius 2 is 1.70 bits per heavy atom. The largest absolute Gasteiger partial charge is 0.272 e. The topological polar surface area (TPSA) is 85.1 Å². The number of benzene rings is 2. The molecule has 11 heteroatoms. The smallest absolute Gasteiger partial charge is 0.250 e. The quantitative estimate of drug-likeness (QED) is 0.198. The normalized spacial score (nSPS) is 11.1. The van der Waals surface area contributed by atoms with Gasteiger partial charge in [0.1, 0.15) is 0 Å². The van der Waals surface area contributed by atoms with Gasteiger partial charge in [-0.15, -0.1) is 10.2 Å². The number of rotatable bonds is 7. The predicted molar refractivity (Wildman–Crippen MR) is 133 cm³/mol. The molecule has 7 nitrogen and oxygen atoms in total. The van der Waals surface area contributed by atoms with E-state index in [1.807, 2.05) is 28.8 Å². The average Bonchev–Trinajstić information content (AvgIpc) is 3.25. The molecule has 0 unspecified atom stereocenters. The monoisotopic (exact) mass is 516 g/mol. The third-order valence-corrected chi connectivity index (χ3v) is 6.21. The molecule has 166 valence electrons. The molecular weight excluding hydrogens is 503 g/mol. The lowest BCUT2D eigenvalue weighted by Gasteiger charge is -2.10. The third kappa shape index (κ3) is 5.72. The van der Waals surface area contributed by atoms with E-state index in [0.29, 0.717) is 31.6 Å². The Morgan fingerprint density at radius 1 is 1.00 bits per heavy atom. The first-order valence-corrected chi connectivity index (χ1v) is 11.7. The molecular formula is C22H15Cl3N6OS. The molecule has 2 aromatic heterocycles. The number of nitrogens with zero attached hydrogens (tertiary/aromatic N) is 5. The van der Waals surface area contributed by atoms with Crippen molar-refractivity contribution in [1.82, 2.24) is 25.2 Å². The number of hydrogen-bond acceptors (Lipinski definition) is 6. The maximum absolute atomic E-state index is 12.4. The molecule has 0 aliphatic carbocycles. The van der Waals surface area contributed by atoms with Gasteiger partial charge in [-0.25, -0.2) is 5.43 Å². The van der Waals surface area contributed by atoms with E-state index in [1.165, 1.54) is 18.0 Å². The SMILES string of the molecule is O=C(CSc1nnc(-c2ccncc2)n1-c1ccc(Cl)cc1)N/N=C\c1c(Cl)cccc1Cl. The number of aromatic nitrogens is 4. The summed E-state index contributed by atoms with van der Waals surface area (Å²) in [6, 6.07) is 16.1. The predicted octanol–water partition coefficient (Wildman–Crippen LogP) is 5.53. The summed E-state index contributed by atoms with van der Waals surface area (Å²) < 4.78 is 1.86. The zero-order valence-electron chi connectivity index (χ0n) is 16.8. The summed E-state index contributed by atoms with van der Waals surface area (Å²) in [5.74, 6) is 0.361. The van der Waals surface area contributed by atoms with Crippen molar-refractivity contribution in [2.75, 3.05) is 5.75 Å². The van der Waals surface area contributed by atoms with Gasteiger partial charge in [0, 0.05) is 34.2 Å². The molecule has 0 aliphatic heterocycles. The Balaban J connectivity index is 1.51. The van der Waals surface area contributed by atoms with Gasteiger partial charge in [0.15, 0.2) is 11.0 Å². The molecule has 2 aromatic carbocycles. The Morgan fingerprint density at radius 3 is 2.39 bits per heavy atom. The summed E-state index contributed by atoms with van der Waals surface area (Å²) in [5.41, 5.74) is 4.65. The summed E-state index contributed by atoms with van der Waals surface area (Å²) >= 11 is 19.5. The van der Waals surface area contributed by atoms with Crippen LogP contribution in [-0.2, 0) is 4.79 Å². The van der Waals surface area contributed by atoms with E-state index >= 15 is 0 Å². The number of pyridine rings is 1. The summed E-state index contributed by atoms with van der Waals surface area (Å²) in [6.45, 7) is 0. The minimum Gasteiger partial charge on any atom is -0.272 e. The van der Waals surface area contributed by atoms with Crippen molar-refractivity contribution < 1.29 is 4.79 Å². The van der Waals surface area contributed by atoms with Gasteiger partial charge in [-0.05, 0) is 48.5 Å². The number of carbonyl (C=O) groups excluding carboxylic acids is 1. The van der Waals surface area contributed by atoms with Gasteiger partial charge < -0.3 is 0 Å². The molecule has 33 heavy (non-hydrogen) atoms. The first kappa shape index (κ1) is 23.3. The number of thioether (sulfide) groups is 1. The van der Waals surface area contributed by atoms with Crippen molar-refractivity contribution in [3.8, 4) is 17.1 Å². The average molecular weight is 518 g/mol.